The molecule has 0 fully saturated rings. The second-order valence-corrected chi connectivity index (χ2v) is 5.49. The number of benzene rings is 2. The lowest BCUT2D eigenvalue weighted by Gasteiger charge is -2.10. The maximum absolute atomic E-state index is 12.5. The minimum atomic E-state index is -0.125. The van der Waals surface area contributed by atoms with Crippen molar-refractivity contribution in [2.24, 2.45) is 0 Å². The molecule has 0 saturated carbocycles. The largest absolute Gasteiger partial charge is 0.493 e. The topological polar surface area (TPSA) is 54.0 Å². The molecule has 2 aromatic carbocycles. The Kier molecular flexibility index (Phi) is 5.23. The molecule has 0 aliphatic carbocycles. The molecule has 0 spiro atoms. The molecule has 0 bridgehead atoms. The summed E-state index contributed by atoms with van der Waals surface area (Å²) in [6, 6.07) is 10.7. The van der Waals surface area contributed by atoms with Crippen molar-refractivity contribution in [1.82, 2.24) is 0 Å². The summed E-state index contributed by atoms with van der Waals surface area (Å²) in [5, 5.41) is 0. The Morgan fingerprint density at radius 1 is 1.04 bits per heavy atom. The summed E-state index contributed by atoms with van der Waals surface area (Å²) < 4.78 is 21.9. The summed E-state index contributed by atoms with van der Waals surface area (Å²) in [5.41, 5.74) is 1.31. The van der Waals surface area contributed by atoms with E-state index in [1.54, 1.807) is 38.5 Å². The van der Waals surface area contributed by atoms with Gasteiger partial charge in [-0.15, -0.1) is 0 Å². The fourth-order valence-electron chi connectivity index (χ4n) is 2.62. The van der Waals surface area contributed by atoms with Gasteiger partial charge in [0.15, 0.2) is 28.8 Å². The third-order valence-corrected chi connectivity index (χ3v) is 3.88. The number of hydrogen-bond acceptors (Lipinski definition) is 5. The molecule has 1 heterocycles. The van der Waals surface area contributed by atoms with Gasteiger partial charge < -0.3 is 18.9 Å². The van der Waals surface area contributed by atoms with Crippen LogP contribution in [0, 0.1) is 0 Å². The molecule has 0 N–H and O–H groups in total. The van der Waals surface area contributed by atoms with Gasteiger partial charge in [0.25, 0.3) is 0 Å². The van der Waals surface area contributed by atoms with Crippen LogP contribution >= 0.6 is 0 Å². The summed E-state index contributed by atoms with van der Waals surface area (Å²) in [4.78, 5) is 12.5. The first kappa shape index (κ1) is 16.9. The number of methoxy groups -OCH3 is 2. The van der Waals surface area contributed by atoms with Gasteiger partial charge in [-0.05, 0) is 36.4 Å². The van der Waals surface area contributed by atoms with Crippen LogP contribution in [-0.2, 0) is 0 Å². The number of carbonyl (C=O) groups excluding carboxylic acids is 1. The molecule has 1 aliphatic rings. The molecule has 0 radical (unpaired) electrons. The van der Waals surface area contributed by atoms with Gasteiger partial charge in [-0.2, -0.15) is 0 Å². The lowest BCUT2D eigenvalue weighted by molar-refractivity contribution is 0.104. The lowest BCUT2D eigenvalue weighted by atomic mass is 10.1. The number of ketones is 1. The SMILES string of the molecule is COc1cccc(/C=C/C(=O)c2ccc3c(c2)OCCCO3)c1OC. The first-order valence-electron chi connectivity index (χ1n) is 8.06. The molecule has 130 valence electrons. The Labute approximate surface area is 146 Å². The molecule has 0 amide bonds. The minimum absolute atomic E-state index is 0.125. The molecule has 3 rings (SSSR count). The fraction of sp³-hybridized carbons (Fsp3) is 0.250. The molecular weight excluding hydrogens is 320 g/mol. The normalized spacial score (nSPS) is 13.4. The van der Waals surface area contributed by atoms with Crippen molar-refractivity contribution >= 4 is 11.9 Å². The Morgan fingerprint density at radius 2 is 1.84 bits per heavy atom. The van der Waals surface area contributed by atoms with Crippen LogP contribution in [-0.4, -0.2) is 33.2 Å². The predicted octanol–water partition coefficient (Wildman–Crippen LogP) is 3.76. The van der Waals surface area contributed by atoms with Gasteiger partial charge in [-0.1, -0.05) is 12.1 Å². The molecule has 25 heavy (non-hydrogen) atoms. The van der Waals surface area contributed by atoms with E-state index in [0.717, 1.165) is 12.0 Å². The minimum Gasteiger partial charge on any atom is -0.493 e. The van der Waals surface area contributed by atoms with E-state index in [9.17, 15) is 4.79 Å². The summed E-state index contributed by atoms with van der Waals surface area (Å²) in [7, 11) is 3.15. The molecule has 0 unspecified atom stereocenters. The number of para-hydroxylation sites is 1. The van der Waals surface area contributed by atoms with E-state index in [2.05, 4.69) is 0 Å². The van der Waals surface area contributed by atoms with E-state index in [0.29, 0.717) is 41.8 Å². The highest BCUT2D eigenvalue weighted by atomic mass is 16.5. The lowest BCUT2D eigenvalue weighted by Crippen LogP contribution is -1.98. The van der Waals surface area contributed by atoms with Crippen LogP contribution in [0.1, 0.15) is 22.3 Å². The zero-order chi connectivity index (χ0) is 17.6. The molecule has 0 atom stereocenters. The number of carbonyl (C=O) groups is 1. The van der Waals surface area contributed by atoms with Crippen molar-refractivity contribution in [3.63, 3.8) is 0 Å². The molecule has 2 aromatic rings. The van der Waals surface area contributed by atoms with E-state index in [4.69, 9.17) is 18.9 Å². The van der Waals surface area contributed by atoms with Crippen molar-refractivity contribution in [3.05, 3.63) is 53.6 Å². The zero-order valence-electron chi connectivity index (χ0n) is 14.3. The monoisotopic (exact) mass is 340 g/mol. The van der Waals surface area contributed by atoms with Gasteiger partial charge in [-0.25, -0.2) is 0 Å². The van der Waals surface area contributed by atoms with Crippen LogP contribution < -0.4 is 18.9 Å². The van der Waals surface area contributed by atoms with Crippen LogP contribution in [0.25, 0.3) is 6.08 Å². The van der Waals surface area contributed by atoms with Crippen molar-refractivity contribution in [2.45, 2.75) is 6.42 Å². The zero-order valence-corrected chi connectivity index (χ0v) is 14.3. The maximum Gasteiger partial charge on any atom is 0.185 e. The van der Waals surface area contributed by atoms with Crippen LogP contribution in [0.15, 0.2) is 42.5 Å². The summed E-state index contributed by atoms with van der Waals surface area (Å²) >= 11 is 0. The highest BCUT2D eigenvalue weighted by Crippen LogP contribution is 2.32. The van der Waals surface area contributed by atoms with E-state index >= 15 is 0 Å². The van der Waals surface area contributed by atoms with E-state index in [1.807, 2.05) is 18.2 Å². The number of hydrogen-bond donors (Lipinski definition) is 0. The Bertz CT molecular complexity index is 795. The quantitative estimate of drug-likeness (QED) is 0.613. The molecule has 1 aliphatic heterocycles. The standard InChI is InChI=1S/C20H20O5/c1-22-18-6-3-5-14(20(18)23-2)7-9-16(21)15-8-10-17-19(13-15)25-12-4-11-24-17/h3,5-10,13H,4,11-12H2,1-2H3/b9-7+. The van der Waals surface area contributed by atoms with Gasteiger partial charge in [0, 0.05) is 17.5 Å². The second-order valence-electron chi connectivity index (χ2n) is 5.49. The molecule has 5 nitrogen and oxygen atoms in total. The maximum atomic E-state index is 12.5. The average Bonchev–Trinajstić information content (AvgIpc) is 2.90. The van der Waals surface area contributed by atoms with E-state index < -0.39 is 0 Å². The summed E-state index contributed by atoms with van der Waals surface area (Å²) in [5.74, 6) is 2.36. The van der Waals surface area contributed by atoms with Crippen molar-refractivity contribution in [1.29, 1.82) is 0 Å². The van der Waals surface area contributed by atoms with Gasteiger partial charge in [0.1, 0.15) is 0 Å². The Hall–Kier alpha value is -2.95. The number of ether oxygens (including phenoxy) is 4. The van der Waals surface area contributed by atoms with E-state index in [1.165, 1.54) is 6.08 Å². The van der Waals surface area contributed by atoms with Gasteiger partial charge in [-0.3, -0.25) is 4.79 Å². The Balaban J connectivity index is 1.83. The fourth-order valence-corrected chi connectivity index (χ4v) is 2.62. The predicted molar refractivity (Wildman–Crippen MR) is 95.0 cm³/mol. The molecule has 5 heteroatoms. The van der Waals surface area contributed by atoms with E-state index in [-0.39, 0.29) is 5.78 Å². The molecular formula is C20H20O5. The number of fused-ring (bicyclic) bond motifs is 1. The third kappa shape index (κ3) is 3.76. The number of allylic oxidation sites excluding steroid dienone is 1. The Morgan fingerprint density at radius 3 is 2.60 bits per heavy atom. The number of rotatable bonds is 5. The van der Waals surface area contributed by atoms with Crippen LogP contribution in [0.5, 0.6) is 23.0 Å². The van der Waals surface area contributed by atoms with Gasteiger partial charge in [0.2, 0.25) is 0 Å². The highest BCUT2D eigenvalue weighted by molar-refractivity contribution is 6.07. The molecule has 0 aromatic heterocycles. The van der Waals surface area contributed by atoms with Gasteiger partial charge in [0.05, 0.1) is 27.4 Å². The average molecular weight is 340 g/mol. The summed E-state index contributed by atoms with van der Waals surface area (Å²) in [6.07, 6.45) is 4.05. The first-order chi connectivity index (χ1) is 12.2. The highest BCUT2D eigenvalue weighted by Gasteiger charge is 2.13. The molecule has 0 saturated heterocycles. The van der Waals surface area contributed by atoms with Gasteiger partial charge >= 0.3 is 0 Å². The second kappa shape index (κ2) is 7.75. The van der Waals surface area contributed by atoms with Crippen LogP contribution in [0.4, 0.5) is 0 Å². The van der Waals surface area contributed by atoms with Crippen LogP contribution in [0.3, 0.4) is 0 Å². The third-order valence-electron chi connectivity index (χ3n) is 3.88. The first-order valence-corrected chi connectivity index (χ1v) is 8.06. The van der Waals surface area contributed by atoms with Crippen molar-refractivity contribution in [2.75, 3.05) is 27.4 Å². The smallest absolute Gasteiger partial charge is 0.185 e. The van der Waals surface area contributed by atoms with Crippen molar-refractivity contribution in [3.8, 4) is 23.0 Å². The summed E-state index contributed by atoms with van der Waals surface area (Å²) in [6.45, 7) is 1.21. The van der Waals surface area contributed by atoms with Crippen LogP contribution in [0.2, 0.25) is 0 Å². The van der Waals surface area contributed by atoms with Crippen molar-refractivity contribution < 1.29 is 23.7 Å².